The standard InChI is InChI=1S/C17H22N2O2.ClH/c1-2-20-17-10-14(15(19)11-18)8-9-16(17)21-12-13-6-4-3-5-7-13;/h3-10,15H,2,11-12,18-19H2,1H3;1H/t15-;/m0./s1. The molecule has 2 aromatic rings. The predicted octanol–water partition coefficient (Wildman–Crippen LogP) is 3.04. The molecule has 0 spiro atoms. The molecule has 0 saturated heterocycles. The van der Waals surface area contributed by atoms with E-state index in [0.29, 0.717) is 31.3 Å². The van der Waals surface area contributed by atoms with Crippen molar-refractivity contribution in [1.82, 2.24) is 0 Å². The molecule has 0 bridgehead atoms. The van der Waals surface area contributed by atoms with Crippen LogP contribution in [0.3, 0.4) is 0 Å². The van der Waals surface area contributed by atoms with Crippen LogP contribution in [0.5, 0.6) is 11.5 Å². The number of halogens is 1. The van der Waals surface area contributed by atoms with Crippen LogP contribution in [0.4, 0.5) is 0 Å². The largest absolute Gasteiger partial charge is 0.490 e. The molecule has 0 aliphatic heterocycles. The van der Waals surface area contributed by atoms with Crippen LogP contribution < -0.4 is 20.9 Å². The lowest BCUT2D eigenvalue weighted by atomic mass is 10.1. The van der Waals surface area contributed by atoms with Crippen LogP contribution in [0.1, 0.15) is 24.1 Å². The molecule has 22 heavy (non-hydrogen) atoms. The summed E-state index contributed by atoms with van der Waals surface area (Å²) < 4.78 is 11.5. The highest BCUT2D eigenvalue weighted by atomic mass is 35.5. The smallest absolute Gasteiger partial charge is 0.161 e. The SMILES string of the molecule is CCOc1cc([C@@H](N)CN)ccc1OCc1ccccc1.Cl. The number of hydrogen-bond acceptors (Lipinski definition) is 4. The second-order valence-corrected chi connectivity index (χ2v) is 4.76. The quantitative estimate of drug-likeness (QED) is 0.822. The molecule has 4 nitrogen and oxygen atoms in total. The Bertz CT molecular complexity index is 564. The monoisotopic (exact) mass is 322 g/mol. The summed E-state index contributed by atoms with van der Waals surface area (Å²) in [4.78, 5) is 0. The number of nitrogens with two attached hydrogens (primary N) is 2. The maximum absolute atomic E-state index is 5.95. The summed E-state index contributed by atoms with van der Waals surface area (Å²) in [5.41, 5.74) is 13.6. The first-order valence-corrected chi connectivity index (χ1v) is 7.13. The molecule has 120 valence electrons. The Morgan fingerprint density at radius 2 is 1.73 bits per heavy atom. The van der Waals surface area contributed by atoms with Crippen molar-refractivity contribution in [2.24, 2.45) is 11.5 Å². The number of rotatable bonds is 7. The van der Waals surface area contributed by atoms with E-state index in [1.807, 2.05) is 55.5 Å². The van der Waals surface area contributed by atoms with E-state index >= 15 is 0 Å². The van der Waals surface area contributed by atoms with Crippen molar-refractivity contribution >= 4 is 12.4 Å². The zero-order chi connectivity index (χ0) is 15.1. The zero-order valence-electron chi connectivity index (χ0n) is 12.7. The van der Waals surface area contributed by atoms with Crippen molar-refractivity contribution in [3.8, 4) is 11.5 Å². The third-order valence-corrected chi connectivity index (χ3v) is 3.19. The average molecular weight is 323 g/mol. The minimum atomic E-state index is -0.188. The molecular formula is C17H23ClN2O2. The lowest BCUT2D eigenvalue weighted by Crippen LogP contribution is -2.20. The van der Waals surface area contributed by atoms with Gasteiger partial charge in [-0.05, 0) is 30.2 Å². The van der Waals surface area contributed by atoms with E-state index in [9.17, 15) is 0 Å². The van der Waals surface area contributed by atoms with Crippen molar-refractivity contribution in [3.63, 3.8) is 0 Å². The highest BCUT2D eigenvalue weighted by Crippen LogP contribution is 2.30. The number of benzene rings is 2. The number of ether oxygens (including phenoxy) is 2. The summed E-state index contributed by atoms with van der Waals surface area (Å²) in [6.07, 6.45) is 0. The van der Waals surface area contributed by atoms with E-state index in [1.165, 1.54) is 0 Å². The molecule has 0 heterocycles. The predicted molar refractivity (Wildman–Crippen MR) is 91.6 cm³/mol. The van der Waals surface area contributed by atoms with Crippen molar-refractivity contribution in [2.45, 2.75) is 19.6 Å². The van der Waals surface area contributed by atoms with Gasteiger partial charge < -0.3 is 20.9 Å². The van der Waals surface area contributed by atoms with Crippen LogP contribution in [0, 0.1) is 0 Å². The van der Waals surface area contributed by atoms with Gasteiger partial charge in [0.15, 0.2) is 11.5 Å². The topological polar surface area (TPSA) is 70.5 Å². The van der Waals surface area contributed by atoms with E-state index in [4.69, 9.17) is 20.9 Å². The van der Waals surface area contributed by atoms with Gasteiger partial charge in [-0.15, -0.1) is 12.4 Å². The third kappa shape index (κ3) is 4.91. The molecule has 2 rings (SSSR count). The maximum Gasteiger partial charge on any atom is 0.161 e. The molecule has 0 fully saturated rings. The van der Waals surface area contributed by atoms with Crippen LogP contribution in [0.2, 0.25) is 0 Å². The normalized spacial score (nSPS) is 11.4. The molecule has 0 aliphatic carbocycles. The van der Waals surface area contributed by atoms with Crippen molar-refractivity contribution in [2.75, 3.05) is 13.2 Å². The van der Waals surface area contributed by atoms with E-state index in [2.05, 4.69) is 0 Å². The van der Waals surface area contributed by atoms with Gasteiger partial charge in [-0.25, -0.2) is 0 Å². The van der Waals surface area contributed by atoms with Gasteiger partial charge in [0.25, 0.3) is 0 Å². The van der Waals surface area contributed by atoms with E-state index in [1.54, 1.807) is 0 Å². The van der Waals surface area contributed by atoms with Gasteiger partial charge in [-0.3, -0.25) is 0 Å². The molecule has 2 aromatic carbocycles. The third-order valence-electron chi connectivity index (χ3n) is 3.19. The van der Waals surface area contributed by atoms with Gasteiger partial charge >= 0.3 is 0 Å². The van der Waals surface area contributed by atoms with E-state index in [-0.39, 0.29) is 18.4 Å². The lowest BCUT2D eigenvalue weighted by molar-refractivity contribution is 0.269. The van der Waals surface area contributed by atoms with Crippen LogP contribution in [-0.4, -0.2) is 13.2 Å². The zero-order valence-corrected chi connectivity index (χ0v) is 13.5. The Kier molecular flexibility index (Phi) is 7.74. The summed E-state index contributed by atoms with van der Waals surface area (Å²) in [5, 5.41) is 0. The first kappa shape index (κ1) is 18.3. The van der Waals surface area contributed by atoms with E-state index < -0.39 is 0 Å². The Labute approximate surface area is 137 Å². The van der Waals surface area contributed by atoms with Gasteiger partial charge in [-0.2, -0.15) is 0 Å². The van der Waals surface area contributed by atoms with Gasteiger partial charge in [0.2, 0.25) is 0 Å². The summed E-state index contributed by atoms with van der Waals surface area (Å²) in [6.45, 7) is 3.42. The fourth-order valence-corrected chi connectivity index (χ4v) is 2.01. The van der Waals surface area contributed by atoms with Crippen LogP contribution in [-0.2, 0) is 6.61 Å². The molecule has 0 aromatic heterocycles. The minimum absolute atomic E-state index is 0. The van der Waals surface area contributed by atoms with Gasteiger partial charge in [-0.1, -0.05) is 36.4 Å². The van der Waals surface area contributed by atoms with Gasteiger partial charge in [0.1, 0.15) is 6.61 Å². The lowest BCUT2D eigenvalue weighted by Gasteiger charge is -2.15. The van der Waals surface area contributed by atoms with Crippen LogP contribution >= 0.6 is 12.4 Å². The summed E-state index contributed by atoms with van der Waals surface area (Å²) >= 11 is 0. The van der Waals surface area contributed by atoms with Crippen molar-refractivity contribution < 1.29 is 9.47 Å². The first-order valence-electron chi connectivity index (χ1n) is 7.13. The van der Waals surface area contributed by atoms with Gasteiger partial charge in [0, 0.05) is 12.6 Å². The molecular weight excluding hydrogens is 300 g/mol. The summed E-state index contributed by atoms with van der Waals surface area (Å²) in [5.74, 6) is 1.42. The second-order valence-electron chi connectivity index (χ2n) is 4.76. The molecule has 5 heteroatoms. The molecule has 1 atom stereocenters. The number of hydrogen-bond donors (Lipinski definition) is 2. The van der Waals surface area contributed by atoms with Crippen molar-refractivity contribution in [1.29, 1.82) is 0 Å². The molecule has 0 radical (unpaired) electrons. The minimum Gasteiger partial charge on any atom is -0.490 e. The van der Waals surface area contributed by atoms with Crippen LogP contribution in [0.25, 0.3) is 0 Å². The molecule has 0 aliphatic rings. The summed E-state index contributed by atoms with van der Waals surface area (Å²) in [7, 11) is 0. The Morgan fingerprint density at radius 3 is 2.36 bits per heavy atom. The summed E-state index contributed by atoms with van der Waals surface area (Å²) in [6, 6.07) is 15.6. The van der Waals surface area contributed by atoms with Gasteiger partial charge in [0.05, 0.1) is 6.61 Å². The van der Waals surface area contributed by atoms with Crippen molar-refractivity contribution in [3.05, 3.63) is 59.7 Å². The Hall–Kier alpha value is -1.75. The molecule has 0 amide bonds. The second kappa shape index (κ2) is 9.30. The highest BCUT2D eigenvalue weighted by molar-refractivity contribution is 5.85. The highest BCUT2D eigenvalue weighted by Gasteiger charge is 2.10. The molecule has 0 saturated carbocycles. The van der Waals surface area contributed by atoms with E-state index in [0.717, 1.165) is 11.1 Å². The molecule has 4 N–H and O–H groups in total. The Morgan fingerprint density at radius 1 is 1.00 bits per heavy atom. The molecule has 0 unspecified atom stereocenters. The Balaban J connectivity index is 0.00000242. The first-order chi connectivity index (χ1) is 10.2. The fraction of sp³-hybridized carbons (Fsp3) is 0.294. The maximum atomic E-state index is 5.95. The fourth-order valence-electron chi connectivity index (χ4n) is 2.01. The van der Waals surface area contributed by atoms with Crippen LogP contribution in [0.15, 0.2) is 48.5 Å². The average Bonchev–Trinajstić information content (AvgIpc) is 2.54.